The number of carbonyl (C=O) groups is 2. The van der Waals surface area contributed by atoms with Gasteiger partial charge in [-0.1, -0.05) is 73.1 Å². The highest BCUT2D eigenvalue weighted by molar-refractivity contribution is 8.13. The van der Waals surface area contributed by atoms with Crippen molar-refractivity contribution in [1.82, 2.24) is 10.6 Å². The molecule has 0 fully saturated rings. The summed E-state index contributed by atoms with van der Waals surface area (Å²) in [7, 11) is 0. The lowest BCUT2D eigenvalue weighted by Gasteiger charge is -2.15. The Labute approximate surface area is 192 Å². The van der Waals surface area contributed by atoms with Crippen LogP contribution in [0.3, 0.4) is 0 Å². The largest absolute Gasteiger partial charge is 0.480 e. The summed E-state index contributed by atoms with van der Waals surface area (Å²) in [4.78, 5) is 28.3. The lowest BCUT2D eigenvalue weighted by Crippen LogP contribution is -2.41. The summed E-state index contributed by atoms with van der Waals surface area (Å²) < 4.78 is 0. The van der Waals surface area contributed by atoms with Crippen LogP contribution in [-0.4, -0.2) is 47.0 Å². The highest BCUT2D eigenvalue weighted by Crippen LogP contribution is 2.24. The summed E-state index contributed by atoms with van der Waals surface area (Å²) in [6, 6.07) is 3.78. The molecule has 0 saturated carbocycles. The number of aliphatic imine (C=N–C) groups is 1. The van der Waals surface area contributed by atoms with Crippen LogP contribution in [-0.2, 0) is 4.79 Å². The molecule has 1 aromatic rings. The molecule has 0 bridgehead atoms. The predicted molar refractivity (Wildman–Crippen MR) is 125 cm³/mol. The second-order valence-electron chi connectivity index (χ2n) is 7.19. The Balaban J connectivity index is 1.60. The van der Waals surface area contributed by atoms with Crippen LogP contribution < -0.4 is 10.6 Å². The molecular weight excluding hydrogens is 445 g/mol. The number of benzene rings is 1. The van der Waals surface area contributed by atoms with E-state index in [1.807, 2.05) is 0 Å². The van der Waals surface area contributed by atoms with Crippen molar-refractivity contribution in [1.29, 1.82) is 0 Å². The number of rotatable bonds is 12. The van der Waals surface area contributed by atoms with E-state index in [9.17, 15) is 14.7 Å². The lowest BCUT2D eigenvalue weighted by atomic mass is 10.0. The molecule has 0 radical (unpaired) electrons. The standard InChI is InChI=1S/C21H29Cl2N3O3S/c22-15-9-7-10-16(23)18(15)19(27)26-17(20(28)29)11-5-3-1-2-4-6-12-24-21-25-13-8-14-30-21/h7,9-10,17H,1-6,8,11-14H2,(H,24,25)(H,26,27)(H,28,29)/t17-/m0/s1. The van der Waals surface area contributed by atoms with Crippen LogP contribution in [0.2, 0.25) is 10.0 Å². The van der Waals surface area contributed by atoms with Crippen LogP contribution in [0, 0.1) is 0 Å². The van der Waals surface area contributed by atoms with E-state index < -0.39 is 17.9 Å². The first-order chi connectivity index (χ1) is 14.5. The third kappa shape index (κ3) is 8.74. The van der Waals surface area contributed by atoms with Crippen LogP contribution in [0.1, 0.15) is 61.7 Å². The number of amidine groups is 1. The Hall–Kier alpha value is -1.44. The maximum absolute atomic E-state index is 12.4. The van der Waals surface area contributed by atoms with Crippen molar-refractivity contribution in [2.45, 2.75) is 57.4 Å². The first-order valence-corrected chi connectivity index (χ1v) is 12.1. The SMILES string of the molecule is O=C(N[C@@H](CCCCCCCCNC1=NCCCS1)C(=O)O)c1c(Cl)cccc1Cl. The van der Waals surface area contributed by atoms with E-state index in [0.717, 1.165) is 69.0 Å². The van der Waals surface area contributed by atoms with E-state index in [-0.39, 0.29) is 15.6 Å². The smallest absolute Gasteiger partial charge is 0.326 e. The Morgan fingerprint density at radius 1 is 1.10 bits per heavy atom. The second kappa shape index (κ2) is 13.8. The summed E-state index contributed by atoms with van der Waals surface area (Å²) in [6.07, 6.45) is 7.60. The Kier molecular flexibility index (Phi) is 11.4. The molecule has 1 amide bonds. The number of hydrogen-bond acceptors (Lipinski definition) is 5. The van der Waals surface area contributed by atoms with Gasteiger partial charge >= 0.3 is 5.97 Å². The van der Waals surface area contributed by atoms with Gasteiger partial charge in [-0.15, -0.1) is 0 Å². The zero-order chi connectivity index (χ0) is 21.8. The molecule has 1 aromatic carbocycles. The number of nitrogens with zero attached hydrogens (tertiary/aromatic N) is 1. The van der Waals surface area contributed by atoms with Crippen molar-refractivity contribution in [3.8, 4) is 0 Å². The van der Waals surface area contributed by atoms with E-state index in [1.54, 1.807) is 30.0 Å². The molecule has 9 heteroatoms. The molecule has 6 nitrogen and oxygen atoms in total. The molecular formula is C21H29Cl2N3O3S. The normalized spacial score (nSPS) is 14.7. The first-order valence-electron chi connectivity index (χ1n) is 10.4. The topological polar surface area (TPSA) is 90.8 Å². The molecule has 0 aromatic heterocycles. The van der Waals surface area contributed by atoms with Gasteiger partial charge in [0, 0.05) is 18.8 Å². The summed E-state index contributed by atoms with van der Waals surface area (Å²) >= 11 is 13.8. The summed E-state index contributed by atoms with van der Waals surface area (Å²) in [5.74, 6) is -0.470. The molecule has 3 N–H and O–H groups in total. The number of hydrogen-bond donors (Lipinski definition) is 3. The van der Waals surface area contributed by atoms with Crippen LogP contribution in [0.4, 0.5) is 0 Å². The van der Waals surface area contributed by atoms with Crippen molar-refractivity contribution in [2.24, 2.45) is 4.99 Å². The minimum absolute atomic E-state index is 0.110. The van der Waals surface area contributed by atoms with E-state index in [4.69, 9.17) is 23.2 Å². The number of amides is 1. The minimum Gasteiger partial charge on any atom is -0.480 e. The number of nitrogens with one attached hydrogen (secondary N) is 2. The van der Waals surface area contributed by atoms with Gasteiger partial charge in [-0.25, -0.2) is 4.79 Å². The summed E-state index contributed by atoms with van der Waals surface area (Å²) in [5, 5.41) is 16.8. The van der Waals surface area contributed by atoms with Gasteiger partial charge in [-0.05, 0) is 31.4 Å². The molecule has 0 saturated heterocycles. The van der Waals surface area contributed by atoms with Crippen LogP contribution in [0.15, 0.2) is 23.2 Å². The van der Waals surface area contributed by atoms with Gasteiger partial charge in [0.2, 0.25) is 0 Å². The fraction of sp³-hybridized carbons (Fsp3) is 0.571. The minimum atomic E-state index is -1.05. The first kappa shape index (κ1) is 24.8. The molecule has 0 spiro atoms. The number of carbonyl (C=O) groups excluding carboxylic acids is 1. The molecule has 1 aliphatic rings. The van der Waals surface area contributed by atoms with Crippen molar-refractivity contribution >= 4 is 52.0 Å². The third-order valence-corrected chi connectivity index (χ3v) is 6.46. The van der Waals surface area contributed by atoms with Gasteiger partial charge in [-0.2, -0.15) is 0 Å². The van der Waals surface area contributed by atoms with E-state index in [1.165, 1.54) is 0 Å². The van der Waals surface area contributed by atoms with Gasteiger partial charge in [-0.3, -0.25) is 9.79 Å². The van der Waals surface area contributed by atoms with Gasteiger partial charge in [0.05, 0.1) is 15.6 Å². The fourth-order valence-corrected chi connectivity index (χ4v) is 4.57. The number of carboxylic acid groups (broad SMARTS) is 1. The van der Waals surface area contributed by atoms with Crippen molar-refractivity contribution < 1.29 is 14.7 Å². The van der Waals surface area contributed by atoms with Crippen molar-refractivity contribution in [3.05, 3.63) is 33.8 Å². The highest BCUT2D eigenvalue weighted by atomic mass is 35.5. The van der Waals surface area contributed by atoms with E-state index >= 15 is 0 Å². The second-order valence-corrected chi connectivity index (χ2v) is 9.08. The van der Waals surface area contributed by atoms with Gasteiger partial charge in [0.1, 0.15) is 6.04 Å². The zero-order valence-electron chi connectivity index (χ0n) is 17.0. The number of unbranched alkanes of at least 4 members (excludes halogenated alkanes) is 5. The Morgan fingerprint density at radius 3 is 2.40 bits per heavy atom. The molecule has 2 rings (SSSR count). The van der Waals surface area contributed by atoms with Crippen molar-refractivity contribution in [3.63, 3.8) is 0 Å². The number of thioether (sulfide) groups is 1. The Bertz CT molecular complexity index is 726. The average Bonchev–Trinajstić information content (AvgIpc) is 2.72. The van der Waals surface area contributed by atoms with Crippen molar-refractivity contribution in [2.75, 3.05) is 18.8 Å². The molecule has 1 aliphatic heterocycles. The van der Waals surface area contributed by atoms with Gasteiger partial charge < -0.3 is 15.7 Å². The van der Waals surface area contributed by atoms with Gasteiger partial charge in [0.25, 0.3) is 5.91 Å². The van der Waals surface area contributed by atoms with E-state index in [2.05, 4.69) is 15.6 Å². The molecule has 1 heterocycles. The maximum atomic E-state index is 12.4. The van der Waals surface area contributed by atoms with Crippen LogP contribution >= 0.6 is 35.0 Å². The van der Waals surface area contributed by atoms with E-state index in [0.29, 0.717) is 6.42 Å². The monoisotopic (exact) mass is 473 g/mol. The molecule has 30 heavy (non-hydrogen) atoms. The lowest BCUT2D eigenvalue weighted by molar-refractivity contribution is -0.139. The van der Waals surface area contributed by atoms with Crippen LogP contribution in [0.25, 0.3) is 0 Å². The van der Waals surface area contributed by atoms with Crippen LogP contribution in [0.5, 0.6) is 0 Å². The fourth-order valence-electron chi connectivity index (χ4n) is 3.14. The highest BCUT2D eigenvalue weighted by Gasteiger charge is 2.22. The molecule has 0 aliphatic carbocycles. The zero-order valence-corrected chi connectivity index (χ0v) is 19.3. The Morgan fingerprint density at radius 2 is 1.77 bits per heavy atom. The number of aliphatic carboxylic acids is 1. The maximum Gasteiger partial charge on any atom is 0.326 e. The molecule has 0 unspecified atom stereocenters. The quantitative estimate of drug-likeness (QED) is 0.372. The number of carboxylic acids is 1. The third-order valence-electron chi connectivity index (χ3n) is 4.79. The summed E-state index contributed by atoms with van der Waals surface area (Å²) in [5.41, 5.74) is 0.110. The van der Waals surface area contributed by atoms with Gasteiger partial charge in [0.15, 0.2) is 5.17 Å². The molecule has 1 atom stereocenters. The predicted octanol–water partition coefficient (Wildman–Crippen LogP) is 4.99. The number of halogens is 2. The average molecular weight is 474 g/mol. The summed E-state index contributed by atoms with van der Waals surface area (Å²) in [6.45, 7) is 1.88. The molecule has 166 valence electrons.